The molecule has 0 aromatic rings. The van der Waals surface area contributed by atoms with Crippen molar-refractivity contribution in [2.24, 2.45) is 0 Å². The predicted octanol–water partition coefficient (Wildman–Crippen LogP) is 0.487. The Morgan fingerprint density at radius 3 is 2.20 bits per heavy atom. The van der Waals surface area contributed by atoms with Crippen LogP contribution in [-0.4, -0.2) is 10.8 Å². The van der Waals surface area contributed by atoms with E-state index in [9.17, 15) is 0 Å². The molecule has 0 saturated heterocycles. The second-order valence-corrected chi connectivity index (χ2v) is 1.36. The van der Waals surface area contributed by atoms with E-state index in [4.69, 9.17) is 15.5 Å². The Morgan fingerprint density at radius 1 is 1.90 bits per heavy atom. The van der Waals surface area contributed by atoms with Crippen molar-refractivity contribution in [3.63, 3.8) is 0 Å². The van der Waals surface area contributed by atoms with Gasteiger partial charge in [0.1, 0.15) is 5.84 Å². The van der Waals surface area contributed by atoms with Crippen LogP contribution in [0.25, 0.3) is 0 Å². The van der Waals surface area contributed by atoms with Crippen LogP contribution in [0.3, 0.4) is 0 Å². The standard InChI is InChI=1S/C3H4N2.C2H3NO2/c4-3-1-2-5-3;1-2-3(4)5/h1-2H,(H2,4,5);2H,1H2. The van der Waals surface area contributed by atoms with Crippen LogP contribution in [0.4, 0.5) is 0 Å². The molecule has 1 heterocycles. The first kappa shape index (κ1) is 8.35. The number of rotatable bonds is 1. The first-order valence-corrected chi connectivity index (χ1v) is 2.44. The number of hydrogen-bond donors (Lipinski definition) is 2. The largest absolute Gasteiger partial charge is 0.347 e. The summed E-state index contributed by atoms with van der Waals surface area (Å²) in [5.74, 6) is 0.505. The molecule has 2 N–H and O–H groups in total. The van der Waals surface area contributed by atoms with Crippen LogP contribution < -0.4 is 5.32 Å². The highest BCUT2D eigenvalue weighted by atomic mass is 16.6. The van der Waals surface area contributed by atoms with E-state index in [1.54, 1.807) is 12.3 Å². The Balaban J connectivity index is 0.000000162. The number of nitro groups is 1. The van der Waals surface area contributed by atoms with Crippen LogP contribution in [0.15, 0.2) is 25.1 Å². The van der Waals surface area contributed by atoms with Crippen LogP contribution >= 0.6 is 0 Å². The Hall–Kier alpha value is -1.65. The van der Waals surface area contributed by atoms with Gasteiger partial charge < -0.3 is 5.32 Å². The predicted molar refractivity (Wildman–Crippen MR) is 37.2 cm³/mol. The molecular formula is C5H7N3O2. The molecule has 0 amide bonds. The molecule has 10 heavy (non-hydrogen) atoms. The highest BCUT2D eigenvalue weighted by molar-refractivity contribution is 5.96. The molecule has 0 aromatic heterocycles. The zero-order valence-corrected chi connectivity index (χ0v) is 5.20. The van der Waals surface area contributed by atoms with Gasteiger partial charge in [-0.1, -0.05) is 0 Å². The zero-order chi connectivity index (χ0) is 7.98. The molecule has 1 aliphatic heterocycles. The normalized spacial score (nSPS) is 11.8. The summed E-state index contributed by atoms with van der Waals surface area (Å²) in [4.78, 5) is 8.44. The van der Waals surface area contributed by atoms with E-state index in [0.29, 0.717) is 12.0 Å². The van der Waals surface area contributed by atoms with Gasteiger partial charge in [-0.2, -0.15) is 0 Å². The molecule has 0 atom stereocenters. The van der Waals surface area contributed by atoms with Crippen molar-refractivity contribution < 1.29 is 4.92 Å². The first-order valence-electron chi connectivity index (χ1n) is 2.44. The molecule has 0 saturated carbocycles. The van der Waals surface area contributed by atoms with Crippen LogP contribution in [0.2, 0.25) is 0 Å². The molecule has 1 rings (SSSR count). The van der Waals surface area contributed by atoms with E-state index < -0.39 is 4.92 Å². The Labute approximate surface area is 57.7 Å². The van der Waals surface area contributed by atoms with E-state index in [2.05, 4.69) is 11.9 Å². The average Bonchev–Trinajstić information content (AvgIpc) is 1.85. The van der Waals surface area contributed by atoms with Gasteiger partial charge in [0.15, 0.2) is 0 Å². The Morgan fingerprint density at radius 2 is 2.20 bits per heavy atom. The third-order valence-electron chi connectivity index (χ3n) is 0.638. The van der Waals surface area contributed by atoms with Gasteiger partial charge in [-0.3, -0.25) is 15.5 Å². The number of nitrogens with zero attached hydrogens (tertiary/aromatic N) is 1. The summed E-state index contributed by atoms with van der Waals surface area (Å²) in [6.07, 6.45) is 4.06. The molecule has 0 aliphatic carbocycles. The Kier molecular flexibility index (Phi) is 3.55. The lowest BCUT2D eigenvalue weighted by Gasteiger charge is -2.02. The van der Waals surface area contributed by atoms with Gasteiger partial charge in [-0.05, 0) is 12.7 Å². The lowest BCUT2D eigenvalue weighted by molar-refractivity contribution is -0.401. The van der Waals surface area contributed by atoms with Crippen molar-refractivity contribution in [3.8, 4) is 0 Å². The maximum atomic E-state index is 9.06. The van der Waals surface area contributed by atoms with Gasteiger partial charge in [0.25, 0.3) is 0 Å². The van der Waals surface area contributed by atoms with Gasteiger partial charge in [0.05, 0.1) is 4.92 Å². The molecule has 0 aromatic carbocycles. The number of nitrogens with one attached hydrogen (secondary N) is 2. The van der Waals surface area contributed by atoms with Crippen molar-refractivity contribution in [2.75, 3.05) is 0 Å². The second-order valence-electron chi connectivity index (χ2n) is 1.36. The molecule has 5 nitrogen and oxygen atoms in total. The summed E-state index contributed by atoms with van der Waals surface area (Å²) in [6, 6.07) is 0. The average molecular weight is 141 g/mol. The molecule has 1 aliphatic rings. The van der Waals surface area contributed by atoms with Crippen molar-refractivity contribution in [2.45, 2.75) is 0 Å². The highest BCUT2D eigenvalue weighted by Gasteiger charge is 1.90. The second kappa shape index (κ2) is 4.25. The quantitative estimate of drug-likeness (QED) is 0.412. The van der Waals surface area contributed by atoms with Crippen molar-refractivity contribution in [1.82, 2.24) is 5.32 Å². The van der Waals surface area contributed by atoms with E-state index >= 15 is 0 Å². The van der Waals surface area contributed by atoms with Crippen molar-refractivity contribution >= 4 is 5.84 Å². The fourth-order valence-electron chi connectivity index (χ4n) is 0.167. The molecule has 0 radical (unpaired) electrons. The maximum absolute atomic E-state index is 9.06. The zero-order valence-electron chi connectivity index (χ0n) is 5.20. The SMILES string of the molecule is C=C[N+](=O)[O-].N=C1C=CN1. The van der Waals surface area contributed by atoms with Crippen LogP contribution in [0.1, 0.15) is 0 Å². The summed E-state index contributed by atoms with van der Waals surface area (Å²) < 4.78 is 0. The maximum Gasteiger partial charge on any atom is 0.227 e. The summed E-state index contributed by atoms with van der Waals surface area (Å²) in [5.41, 5.74) is 0. The minimum absolute atomic E-state index is 0.505. The van der Waals surface area contributed by atoms with Gasteiger partial charge in [-0.15, -0.1) is 0 Å². The first-order chi connectivity index (χ1) is 4.66. The minimum Gasteiger partial charge on any atom is -0.347 e. The van der Waals surface area contributed by atoms with Crippen LogP contribution in [0.5, 0.6) is 0 Å². The molecule has 5 heteroatoms. The summed E-state index contributed by atoms with van der Waals surface area (Å²) in [7, 11) is 0. The van der Waals surface area contributed by atoms with E-state index in [-0.39, 0.29) is 0 Å². The van der Waals surface area contributed by atoms with E-state index in [0.717, 1.165) is 0 Å². The van der Waals surface area contributed by atoms with E-state index in [1.165, 1.54) is 0 Å². The molecule has 0 unspecified atom stereocenters. The smallest absolute Gasteiger partial charge is 0.227 e. The molecular weight excluding hydrogens is 134 g/mol. The topological polar surface area (TPSA) is 79.0 Å². The minimum atomic E-state index is -0.611. The molecule has 54 valence electrons. The van der Waals surface area contributed by atoms with Crippen LogP contribution in [0, 0.1) is 15.5 Å². The fourth-order valence-corrected chi connectivity index (χ4v) is 0.167. The van der Waals surface area contributed by atoms with Crippen molar-refractivity contribution in [1.29, 1.82) is 5.41 Å². The van der Waals surface area contributed by atoms with Gasteiger partial charge in [0.2, 0.25) is 6.20 Å². The molecule has 0 fully saturated rings. The summed E-state index contributed by atoms with van der Waals surface area (Å²) >= 11 is 0. The molecule has 0 spiro atoms. The molecule has 0 bridgehead atoms. The number of amidine groups is 1. The third kappa shape index (κ3) is 4.51. The summed E-state index contributed by atoms with van der Waals surface area (Å²) in [6.45, 7) is 2.86. The van der Waals surface area contributed by atoms with E-state index in [1.807, 2.05) is 0 Å². The number of hydrogen-bond acceptors (Lipinski definition) is 3. The van der Waals surface area contributed by atoms with Crippen LogP contribution in [-0.2, 0) is 0 Å². The lowest BCUT2D eigenvalue weighted by Crippen LogP contribution is -2.21. The van der Waals surface area contributed by atoms with Crippen molar-refractivity contribution in [3.05, 3.63) is 35.2 Å². The van der Waals surface area contributed by atoms with Gasteiger partial charge >= 0.3 is 0 Å². The lowest BCUT2D eigenvalue weighted by atomic mass is 10.4. The summed E-state index contributed by atoms with van der Waals surface area (Å²) in [5, 5.41) is 18.3. The van der Waals surface area contributed by atoms with Gasteiger partial charge in [0, 0.05) is 6.20 Å². The Bertz CT molecular complexity index is 183. The highest BCUT2D eigenvalue weighted by Crippen LogP contribution is 1.79. The third-order valence-corrected chi connectivity index (χ3v) is 0.638. The monoisotopic (exact) mass is 141 g/mol. The van der Waals surface area contributed by atoms with Gasteiger partial charge in [-0.25, -0.2) is 0 Å². The fraction of sp³-hybridized carbons (Fsp3) is 0.